The molecule has 2 aromatic carbocycles. The Labute approximate surface area is 249 Å². The zero-order valence-corrected chi connectivity index (χ0v) is 24.1. The minimum absolute atomic E-state index is 0.0433. The molecule has 0 aliphatic carbocycles. The van der Waals surface area contributed by atoms with Crippen LogP contribution in [0.1, 0.15) is 44.8 Å². The number of carbonyl (C=O) groups is 2. The summed E-state index contributed by atoms with van der Waals surface area (Å²) in [4.78, 5) is 27.1. The highest BCUT2D eigenvalue weighted by Gasteiger charge is 2.33. The van der Waals surface area contributed by atoms with Crippen LogP contribution in [-0.2, 0) is 11.3 Å². The predicted molar refractivity (Wildman–Crippen MR) is 158 cm³/mol. The van der Waals surface area contributed by atoms with E-state index >= 15 is 0 Å². The number of carbonyl (C=O) groups excluding carboxylic acids is 2. The lowest BCUT2D eigenvalue weighted by Crippen LogP contribution is -2.28. The molecule has 1 unspecified atom stereocenters. The van der Waals surface area contributed by atoms with Gasteiger partial charge in [0.05, 0.1) is 35.2 Å². The third-order valence-electron chi connectivity index (χ3n) is 6.66. The van der Waals surface area contributed by atoms with Crippen LogP contribution < -0.4 is 5.32 Å². The topological polar surface area (TPSA) is 106 Å². The number of hydrogen-bond acceptors (Lipinski definition) is 8. The lowest BCUT2D eigenvalue weighted by molar-refractivity contribution is -0.130. The molecular weight excluding hydrogens is 576 g/mol. The minimum atomic E-state index is -0.372. The maximum Gasteiger partial charge on any atom is 0.287 e. The van der Waals surface area contributed by atoms with Crippen LogP contribution in [0.4, 0.5) is 4.39 Å². The van der Waals surface area contributed by atoms with Crippen molar-refractivity contribution in [1.29, 1.82) is 0 Å². The van der Waals surface area contributed by atoms with Crippen LogP contribution in [0.25, 0.3) is 5.69 Å². The zero-order chi connectivity index (χ0) is 29.1. The summed E-state index contributed by atoms with van der Waals surface area (Å²) < 4.78 is 20.7. The lowest BCUT2D eigenvalue weighted by atomic mass is 10.0. The van der Waals surface area contributed by atoms with E-state index in [1.54, 1.807) is 35.6 Å². The van der Waals surface area contributed by atoms with Crippen LogP contribution >= 0.6 is 23.1 Å². The summed E-state index contributed by atoms with van der Waals surface area (Å²) in [5.41, 5.74) is 3.46. The Morgan fingerprint density at radius 2 is 1.95 bits per heavy atom. The average Bonchev–Trinajstić information content (AvgIpc) is 3.81. The maximum atomic E-state index is 13.7. The molecule has 12 heteroatoms. The normalized spacial score (nSPS) is 14.7. The Balaban J connectivity index is 1.24. The summed E-state index contributed by atoms with van der Waals surface area (Å²) in [7, 11) is 0. The largest absolute Gasteiger partial charge is 0.459 e. The summed E-state index contributed by atoms with van der Waals surface area (Å²) in [6, 6.07) is 20.8. The maximum absolute atomic E-state index is 13.7. The lowest BCUT2D eigenvalue weighted by Gasteiger charge is -2.22. The number of hydrogen-bond donors (Lipinski definition) is 1. The average molecular weight is 601 g/mol. The van der Waals surface area contributed by atoms with Gasteiger partial charge in [0.2, 0.25) is 0 Å². The molecule has 1 aliphatic heterocycles. The predicted octanol–water partition coefficient (Wildman–Crippen LogP) is 5.77. The summed E-state index contributed by atoms with van der Waals surface area (Å²) in [6.07, 6.45) is 1.96. The number of nitrogens with one attached hydrogen (secondary N) is 1. The van der Waals surface area contributed by atoms with E-state index in [1.165, 1.54) is 35.2 Å². The highest BCUT2D eigenvalue weighted by Crippen LogP contribution is 2.35. The number of benzene rings is 2. The summed E-state index contributed by atoms with van der Waals surface area (Å²) in [5.74, 6) is -0.187. The van der Waals surface area contributed by atoms with E-state index in [1.807, 2.05) is 53.3 Å². The second-order valence-electron chi connectivity index (χ2n) is 9.56. The fourth-order valence-corrected chi connectivity index (χ4v) is 6.20. The van der Waals surface area contributed by atoms with Gasteiger partial charge in [-0.1, -0.05) is 42.1 Å². The van der Waals surface area contributed by atoms with E-state index in [0.717, 1.165) is 27.4 Å². The van der Waals surface area contributed by atoms with Crippen molar-refractivity contribution in [2.75, 3.05) is 5.75 Å². The van der Waals surface area contributed by atoms with Crippen molar-refractivity contribution in [3.63, 3.8) is 0 Å². The SMILES string of the molecule is Cc1cccc(-n2c(CNC(=O)c3ccco3)nnc2SCC(=O)N2N=C(c3cccs3)CC2c2ccc(F)cc2)c1. The van der Waals surface area contributed by atoms with Crippen molar-refractivity contribution < 1.29 is 18.4 Å². The van der Waals surface area contributed by atoms with Gasteiger partial charge in [-0.25, -0.2) is 9.40 Å². The van der Waals surface area contributed by atoms with Gasteiger partial charge >= 0.3 is 0 Å². The van der Waals surface area contributed by atoms with Gasteiger partial charge in [-0.05, 0) is 65.9 Å². The molecule has 0 bridgehead atoms. The summed E-state index contributed by atoms with van der Waals surface area (Å²) >= 11 is 2.80. The highest BCUT2D eigenvalue weighted by molar-refractivity contribution is 7.99. The molecule has 4 heterocycles. The Kier molecular flexibility index (Phi) is 7.97. The Morgan fingerprint density at radius 1 is 1.10 bits per heavy atom. The number of halogens is 1. The van der Waals surface area contributed by atoms with Gasteiger partial charge in [0.15, 0.2) is 16.7 Å². The standard InChI is InChI=1S/C30H25FN6O3S2/c1-19-5-2-6-22(15-19)36-27(17-32-29(39)25-7-3-13-40-25)33-34-30(36)42-18-28(38)37-24(20-9-11-21(31)12-10-20)16-23(35-37)26-8-4-14-41-26/h2-15,24H,16-18H2,1H3,(H,32,39). The van der Waals surface area contributed by atoms with Crippen LogP contribution in [-0.4, -0.2) is 43.1 Å². The molecule has 0 radical (unpaired) electrons. The van der Waals surface area contributed by atoms with E-state index in [0.29, 0.717) is 17.4 Å². The molecule has 9 nitrogen and oxygen atoms in total. The molecule has 3 aromatic heterocycles. The second-order valence-corrected chi connectivity index (χ2v) is 11.4. The van der Waals surface area contributed by atoms with Crippen molar-refractivity contribution >= 4 is 40.6 Å². The molecule has 1 atom stereocenters. The molecule has 1 aliphatic rings. The molecular formula is C30H25FN6O3S2. The van der Waals surface area contributed by atoms with Gasteiger partial charge in [-0.15, -0.1) is 21.5 Å². The fourth-order valence-electron chi connectivity index (χ4n) is 4.66. The van der Waals surface area contributed by atoms with Crippen LogP contribution in [0.2, 0.25) is 0 Å². The molecule has 212 valence electrons. The number of aryl methyl sites for hydroxylation is 1. The molecule has 0 spiro atoms. The number of amides is 2. The van der Waals surface area contributed by atoms with Crippen LogP contribution in [0.3, 0.4) is 0 Å². The van der Waals surface area contributed by atoms with E-state index < -0.39 is 0 Å². The van der Waals surface area contributed by atoms with Crippen molar-refractivity contribution in [2.24, 2.45) is 5.10 Å². The Hall–Kier alpha value is -4.55. The molecule has 6 rings (SSSR count). The molecule has 5 aromatic rings. The first-order valence-corrected chi connectivity index (χ1v) is 15.0. The smallest absolute Gasteiger partial charge is 0.287 e. The molecule has 42 heavy (non-hydrogen) atoms. The van der Waals surface area contributed by atoms with E-state index in [2.05, 4.69) is 15.5 Å². The van der Waals surface area contributed by atoms with Crippen molar-refractivity contribution in [3.8, 4) is 5.69 Å². The van der Waals surface area contributed by atoms with Crippen molar-refractivity contribution in [2.45, 2.75) is 31.1 Å². The van der Waals surface area contributed by atoms with Crippen LogP contribution in [0.15, 0.2) is 99.1 Å². The van der Waals surface area contributed by atoms with Gasteiger partial charge in [-0.3, -0.25) is 14.2 Å². The number of thiophene rings is 1. The number of rotatable bonds is 9. The zero-order valence-electron chi connectivity index (χ0n) is 22.4. The van der Waals surface area contributed by atoms with Gasteiger partial charge in [0, 0.05) is 12.1 Å². The summed E-state index contributed by atoms with van der Waals surface area (Å²) in [6.45, 7) is 2.08. The Morgan fingerprint density at radius 3 is 2.69 bits per heavy atom. The van der Waals surface area contributed by atoms with E-state index in [9.17, 15) is 14.0 Å². The number of thioether (sulfide) groups is 1. The highest BCUT2D eigenvalue weighted by atomic mass is 32.2. The second kappa shape index (κ2) is 12.1. The van der Waals surface area contributed by atoms with Crippen molar-refractivity contribution in [3.05, 3.63) is 118 Å². The number of nitrogens with zero attached hydrogens (tertiary/aromatic N) is 5. The number of furan rings is 1. The van der Waals surface area contributed by atoms with Gasteiger partial charge < -0.3 is 9.73 Å². The molecule has 0 saturated carbocycles. The first-order valence-electron chi connectivity index (χ1n) is 13.1. The molecule has 2 amide bonds. The van der Waals surface area contributed by atoms with Crippen LogP contribution in [0.5, 0.6) is 0 Å². The third kappa shape index (κ3) is 5.90. The number of aromatic nitrogens is 3. The fraction of sp³-hybridized carbons (Fsp3) is 0.167. The summed E-state index contributed by atoms with van der Waals surface area (Å²) in [5, 5.41) is 20.2. The first kappa shape index (κ1) is 27.6. The van der Waals surface area contributed by atoms with Gasteiger partial charge in [0.25, 0.3) is 11.8 Å². The van der Waals surface area contributed by atoms with Crippen LogP contribution in [0, 0.1) is 12.7 Å². The quantitative estimate of drug-likeness (QED) is 0.216. The molecule has 0 saturated heterocycles. The van der Waals surface area contributed by atoms with E-state index in [-0.39, 0.29) is 41.7 Å². The van der Waals surface area contributed by atoms with Gasteiger partial charge in [0.1, 0.15) is 5.82 Å². The minimum Gasteiger partial charge on any atom is -0.459 e. The Bertz CT molecular complexity index is 1730. The third-order valence-corrected chi connectivity index (χ3v) is 8.50. The van der Waals surface area contributed by atoms with E-state index in [4.69, 9.17) is 9.52 Å². The van der Waals surface area contributed by atoms with Gasteiger partial charge in [-0.2, -0.15) is 5.10 Å². The monoisotopic (exact) mass is 600 g/mol. The number of hydrazone groups is 1. The molecule has 1 N–H and O–H groups in total. The van der Waals surface area contributed by atoms with Crippen molar-refractivity contribution in [1.82, 2.24) is 25.1 Å². The molecule has 0 fully saturated rings. The first-order chi connectivity index (χ1) is 20.5.